The first kappa shape index (κ1) is 16.3. The van der Waals surface area contributed by atoms with Gasteiger partial charge < -0.3 is 15.2 Å². The zero-order chi connectivity index (χ0) is 15.1. The minimum absolute atomic E-state index is 0.222. The van der Waals surface area contributed by atoms with E-state index in [0.717, 1.165) is 31.8 Å². The molecule has 1 aliphatic heterocycles. The third-order valence-electron chi connectivity index (χ3n) is 4.32. The van der Waals surface area contributed by atoms with E-state index in [1.165, 1.54) is 18.4 Å². The Hall–Kier alpha value is -1.10. The Bertz CT molecular complexity index is 402. The van der Waals surface area contributed by atoms with Gasteiger partial charge in [-0.25, -0.2) is 0 Å². The molecule has 2 unspecified atom stereocenters. The van der Waals surface area contributed by atoms with Gasteiger partial charge in [-0.3, -0.25) is 4.90 Å². The smallest absolute Gasteiger partial charge is 0.118 e. The fourth-order valence-corrected chi connectivity index (χ4v) is 3.05. The van der Waals surface area contributed by atoms with Crippen LogP contribution >= 0.6 is 0 Å². The van der Waals surface area contributed by atoms with E-state index in [0.29, 0.717) is 12.1 Å². The Labute approximate surface area is 128 Å². The van der Waals surface area contributed by atoms with E-state index in [2.05, 4.69) is 29.3 Å². The van der Waals surface area contributed by atoms with E-state index in [4.69, 9.17) is 4.74 Å². The Morgan fingerprint density at radius 2 is 2.14 bits per heavy atom. The first-order valence-corrected chi connectivity index (χ1v) is 7.94. The Kier molecular flexibility index (Phi) is 6.49. The number of aliphatic hydroxyl groups is 1. The molecule has 2 rings (SSSR count). The van der Waals surface area contributed by atoms with Gasteiger partial charge in [0.25, 0.3) is 0 Å². The average molecular weight is 292 g/mol. The summed E-state index contributed by atoms with van der Waals surface area (Å²) >= 11 is 0. The SMILES string of the molecule is COc1ccc(CC(C)N(CCO)CC2CCCN2)cc1. The molecule has 1 saturated heterocycles. The molecule has 1 fully saturated rings. The second kappa shape index (κ2) is 8.37. The number of rotatable bonds is 8. The molecule has 2 atom stereocenters. The highest BCUT2D eigenvalue weighted by Crippen LogP contribution is 2.16. The van der Waals surface area contributed by atoms with Crippen molar-refractivity contribution < 1.29 is 9.84 Å². The summed E-state index contributed by atoms with van der Waals surface area (Å²) in [5.41, 5.74) is 1.31. The van der Waals surface area contributed by atoms with Crippen LogP contribution < -0.4 is 10.1 Å². The van der Waals surface area contributed by atoms with Crippen molar-refractivity contribution in [3.63, 3.8) is 0 Å². The summed E-state index contributed by atoms with van der Waals surface area (Å²) in [5, 5.41) is 12.9. The van der Waals surface area contributed by atoms with Crippen LogP contribution in [-0.4, -0.2) is 55.4 Å². The lowest BCUT2D eigenvalue weighted by atomic mass is 10.0. The highest BCUT2D eigenvalue weighted by atomic mass is 16.5. The maximum Gasteiger partial charge on any atom is 0.118 e. The molecule has 2 N–H and O–H groups in total. The summed E-state index contributed by atoms with van der Waals surface area (Å²) < 4.78 is 5.20. The zero-order valence-corrected chi connectivity index (χ0v) is 13.2. The predicted molar refractivity (Wildman–Crippen MR) is 85.8 cm³/mol. The van der Waals surface area contributed by atoms with Gasteiger partial charge in [0, 0.05) is 25.2 Å². The molecule has 1 aliphatic rings. The van der Waals surface area contributed by atoms with Gasteiger partial charge in [-0.2, -0.15) is 0 Å². The lowest BCUT2D eigenvalue weighted by molar-refractivity contribution is 0.146. The van der Waals surface area contributed by atoms with Crippen LogP contribution in [0.1, 0.15) is 25.3 Å². The van der Waals surface area contributed by atoms with Gasteiger partial charge in [-0.1, -0.05) is 12.1 Å². The van der Waals surface area contributed by atoms with E-state index in [1.807, 2.05) is 12.1 Å². The average Bonchev–Trinajstić information content (AvgIpc) is 3.00. The van der Waals surface area contributed by atoms with Gasteiger partial charge in [0.1, 0.15) is 5.75 Å². The van der Waals surface area contributed by atoms with E-state index in [9.17, 15) is 5.11 Å². The van der Waals surface area contributed by atoms with E-state index in [-0.39, 0.29) is 6.61 Å². The van der Waals surface area contributed by atoms with Crippen molar-refractivity contribution in [2.75, 3.05) is 33.4 Å². The molecule has 0 radical (unpaired) electrons. The first-order valence-electron chi connectivity index (χ1n) is 7.94. The van der Waals surface area contributed by atoms with Crippen LogP contribution in [0.4, 0.5) is 0 Å². The predicted octanol–water partition coefficient (Wildman–Crippen LogP) is 1.67. The molecule has 118 valence electrons. The number of nitrogens with one attached hydrogen (secondary N) is 1. The van der Waals surface area contributed by atoms with Crippen LogP contribution in [0.3, 0.4) is 0 Å². The number of hydrogen-bond acceptors (Lipinski definition) is 4. The Morgan fingerprint density at radius 1 is 1.38 bits per heavy atom. The number of aliphatic hydroxyl groups excluding tert-OH is 1. The van der Waals surface area contributed by atoms with Crippen LogP contribution in [0.2, 0.25) is 0 Å². The molecule has 4 heteroatoms. The molecule has 21 heavy (non-hydrogen) atoms. The fourth-order valence-electron chi connectivity index (χ4n) is 3.05. The van der Waals surface area contributed by atoms with Crippen LogP contribution in [0.5, 0.6) is 5.75 Å². The molecule has 0 spiro atoms. The molecule has 0 saturated carbocycles. The minimum Gasteiger partial charge on any atom is -0.497 e. The lowest BCUT2D eigenvalue weighted by Gasteiger charge is -2.31. The van der Waals surface area contributed by atoms with E-state index in [1.54, 1.807) is 7.11 Å². The largest absolute Gasteiger partial charge is 0.497 e. The molecular weight excluding hydrogens is 264 g/mol. The minimum atomic E-state index is 0.222. The van der Waals surface area contributed by atoms with Gasteiger partial charge >= 0.3 is 0 Å². The van der Waals surface area contributed by atoms with Crippen LogP contribution in [-0.2, 0) is 6.42 Å². The molecule has 0 bridgehead atoms. The quantitative estimate of drug-likeness (QED) is 0.765. The van der Waals surface area contributed by atoms with Crippen molar-refractivity contribution in [2.45, 2.75) is 38.3 Å². The van der Waals surface area contributed by atoms with Crippen molar-refractivity contribution in [3.8, 4) is 5.75 Å². The fraction of sp³-hybridized carbons (Fsp3) is 0.647. The van der Waals surface area contributed by atoms with E-state index < -0.39 is 0 Å². The number of hydrogen-bond donors (Lipinski definition) is 2. The van der Waals surface area contributed by atoms with E-state index >= 15 is 0 Å². The van der Waals surface area contributed by atoms with Crippen LogP contribution in [0.25, 0.3) is 0 Å². The number of nitrogens with zero attached hydrogens (tertiary/aromatic N) is 1. The molecule has 0 aromatic heterocycles. The zero-order valence-electron chi connectivity index (χ0n) is 13.2. The first-order chi connectivity index (χ1) is 10.2. The third kappa shape index (κ3) is 4.99. The lowest BCUT2D eigenvalue weighted by Crippen LogP contribution is -2.44. The summed E-state index contributed by atoms with van der Waals surface area (Å²) in [4.78, 5) is 2.40. The van der Waals surface area contributed by atoms with Crippen molar-refractivity contribution in [3.05, 3.63) is 29.8 Å². The molecule has 0 amide bonds. The van der Waals surface area contributed by atoms with Gasteiger partial charge in [0.15, 0.2) is 0 Å². The van der Waals surface area contributed by atoms with Crippen molar-refractivity contribution in [1.82, 2.24) is 10.2 Å². The summed E-state index contributed by atoms with van der Waals surface area (Å²) in [5.74, 6) is 0.897. The standard InChI is InChI=1S/C17H28N2O2/c1-14(12-15-5-7-17(21-2)8-6-15)19(10-11-20)13-16-4-3-9-18-16/h5-8,14,16,18,20H,3-4,9-13H2,1-2H3. The summed E-state index contributed by atoms with van der Waals surface area (Å²) in [7, 11) is 1.69. The van der Waals surface area contributed by atoms with Gasteiger partial charge in [0.05, 0.1) is 13.7 Å². The maximum atomic E-state index is 9.32. The van der Waals surface area contributed by atoms with Gasteiger partial charge in [-0.15, -0.1) is 0 Å². The second-order valence-corrected chi connectivity index (χ2v) is 5.91. The number of benzene rings is 1. The second-order valence-electron chi connectivity index (χ2n) is 5.91. The third-order valence-corrected chi connectivity index (χ3v) is 4.32. The van der Waals surface area contributed by atoms with Crippen molar-refractivity contribution in [1.29, 1.82) is 0 Å². The van der Waals surface area contributed by atoms with Gasteiger partial charge in [-0.05, 0) is 50.4 Å². The normalized spacial score (nSPS) is 19.9. The summed E-state index contributed by atoms with van der Waals surface area (Å²) in [6.07, 6.45) is 3.51. The van der Waals surface area contributed by atoms with Crippen molar-refractivity contribution >= 4 is 0 Å². The van der Waals surface area contributed by atoms with Crippen LogP contribution in [0.15, 0.2) is 24.3 Å². The number of methoxy groups -OCH3 is 1. The number of ether oxygens (including phenoxy) is 1. The molecule has 1 heterocycles. The van der Waals surface area contributed by atoms with Gasteiger partial charge in [0.2, 0.25) is 0 Å². The molecule has 4 nitrogen and oxygen atoms in total. The summed E-state index contributed by atoms with van der Waals surface area (Å²) in [6.45, 7) is 5.37. The Balaban J connectivity index is 1.91. The summed E-state index contributed by atoms with van der Waals surface area (Å²) in [6, 6.07) is 9.27. The Morgan fingerprint density at radius 3 is 2.71 bits per heavy atom. The monoisotopic (exact) mass is 292 g/mol. The molecule has 0 aliphatic carbocycles. The highest BCUT2D eigenvalue weighted by Gasteiger charge is 2.21. The molecule has 1 aromatic rings. The molecular formula is C17H28N2O2. The topological polar surface area (TPSA) is 44.7 Å². The highest BCUT2D eigenvalue weighted by molar-refractivity contribution is 5.27. The molecule has 1 aromatic carbocycles. The van der Waals surface area contributed by atoms with Crippen LogP contribution in [0, 0.1) is 0 Å². The maximum absolute atomic E-state index is 9.32. The van der Waals surface area contributed by atoms with Crippen molar-refractivity contribution in [2.24, 2.45) is 0 Å².